The van der Waals surface area contributed by atoms with Gasteiger partial charge in [-0.05, 0) is 54.3 Å². The SMILES string of the molecule is COc1ccc(C(=O)OCCCC(=O)c2cccs2)cc1S(=O)(=O)N1CC(C)CC(C)C1. The van der Waals surface area contributed by atoms with E-state index in [0.717, 1.165) is 6.42 Å². The number of carbonyl (C=O) groups is 2. The molecule has 2 aromatic rings. The fraction of sp³-hybridized carbons (Fsp3) is 0.478. The first-order valence-corrected chi connectivity index (χ1v) is 13.0. The Hall–Kier alpha value is -2.23. The van der Waals surface area contributed by atoms with Crippen LogP contribution in [0, 0.1) is 11.8 Å². The van der Waals surface area contributed by atoms with Crippen LogP contribution in [-0.2, 0) is 14.8 Å². The van der Waals surface area contributed by atoms with Gasteiger partial charge < -0.3 is 9.47 Å². The number of sulfonamides is 1. The maximum atomic E-state index is 13.3. The minimum absolute atomic E-state index is 0.0128. The summed E-state index contributed by atoms with van der Waals surface area (Å²) in [4.78, 5) is 25.2. The summed E-state index contributed by atoms with van der Waals surface area (Å²) in [6.07, 6.45) is 1.65. The van der Waals surface area contributed by atoms with E-state index >= 15 is 0 Å². The second-order valence-electron chi connectivity index (χ2n) is 8.27. The van der Waals surface area contributed by atoms with Gasteiger partial charge in [-0.3, -0.25) is 4.79 Å². The average Bonchev–Trinajstić information content (AvgIpc) is 3.30. The average molecular weight is 480 g/mol. The number of thiophene rings is 1. The summed E-state index contributed by atoms with van der Waals surface area (Å²) in [7, 11) is -2.43. The Morgan fingerprint density at radius 1 is 1.16 bits per heavy atom. The number of ether oxygens (including phenoxy) is 2. The predicted molar refractivity (Wildman–Crippen MR) is 123 cm³/mol. The van der Waals surface area contributed by atoms with E-state index in [1.165, 1.54) is 41.0 Å². The van der Waals surface area contributed by atoms with Crippen LogP contribution in [-0.4, -0.2) is 51.3 Å². The molecule has 0 bridgehead atoms. The molecule has 0 amide bonds. The van der Waals surface area contributed by atoms with Crippen LogP contribution in [0.2, 0.25) is 0 Å². The van der Waals surface area contributed by atoms with Crippen molar-refractivity contribution in [2.45, 2.75) is 38.0 Å². The van der Waals surface area contributed by atoms with Crippen molar-refractivity contribution in [2.75, 3.05) is 26.8 Å². The Labute approximate surface area is 193 Å². The predicted octanol–water partition coefficient (Wildman–Crippen LogP) is 4.24. The molecule has 0 saturated carbocycles. The summed E-state index contributed by atoms with van der Waals surface area (Å²) in [6, 6.07) is 7.86. The van der Waals surface area contributed by atoms with Crippen molar-refractivity contribution in [2.24, 2.45) is 11.8 Å². The molecular weight excluding hydrogens is 450 g/mol. The summed E-state index contributed by atoms with van der Waals surface area (Å²) in [6.45, 7) is 5.01. The van der Waals surface area contributed by atoms with Gasteiger partial charge in [0.25, 0.3) is 0 Å². The smallest absolute Gasteiger partial charge is 0.338 e. The lowest BCUT2D eigenvalue weighted by Crippen LogP contribution is -2.42. The van der Waals surface area contributed by atoms with E-state index < -0.39 is 16.0 Å². The van der Waals surface area contributed by atoms with Crippen LogP contribution in [0.3, 0.4) is 0 Å². The normalized spacial score (nSPS) is 19.5. The molecule has 2 heterocycles. The quantitative estimate of drug-likeness (QED) is 0.304. The van der Waals surface area contributed by atoms with Crippen molar-refractivity contribution in [3.05, 3.63) is 46.2 Å². The maximum Gasteiger partial charge on any atom is 0.338 e. The Bertz CT molecular complexity index is 1040. The van der Waals surface area contributed by atoms with E-state index in [4.69, 9.17) is 9.47 Å². The van der Waals surface area contributed by atoms with Crippen LogP contribution in [0.1, 0.15) is 53.1 Å². The van der Waals surface area contributed by atoms with Crippen LogP contribution < -0.4 is 4.74 Å². The minimum Gasteiger partial charge on any atom is -0.495 e. The topological polar surface area (TPSA) is 90.0 Å². The summed E-state index contributed by atoms with van der Waals surface area (Å²) in [5, 5.41) is 1.84. The number of esters is 1. The molecule has 1 fully saturated rings. The molecule has 2 atom stereocenters. The van der Waals surface area contributed by atoms with E-state index in [-0.39, 0.29) is 46.9 Å². The Morgan fingerprint density at radius 2 is 1.88 bits per heavy atom. The number of methoxy groups -OCH3 is 1. The van der Waals surface area contributed by atoms with Crippen molar-refractivity contribution in [3.63, 3.8) is 0 Å². The van der Waals surface area contributed by atoms with Crippen molar-refractivity contribution in [3.8, 4) is 5.75 Å². The highest BCUT2D eigenvalue weighted by Crippen LogP contribution is 2.32. The van der Waals surface area contributed by atoms with Crippen molar-refractivity contribution in [1.82, 2.24) is 4.31 Å². The molecule has 9 heteroatoms. The van der Waals surface area contributed by atoms with Gasteiger partial charge in [-0.25, -0.2) is 13.2 Å². The molecule has 1 aliphatic rings. The van der Waals surface area contributed by atoms with Gasteiger partial charge in [0.1, 0.15) is 10.6 Å². The third-order valence-corrected chi connectivity index (χ3v) is 8.19. The molecule has 0 aliphatic carbocycles. The largest absolute Gasteiger partial charge is 0.495 e. The third-order valence-electron chi connectivity index (χ3n) is 5.43. The number of rotatable bonds is 9. The fourth-order valence-electron chi connectivity index (χ4n) is 3.99. The summed E-state index contributed by atoms with van der Waals surface area (Å²) >= 11 is 1.38. The second-order valence-corrected chi connectivity index (χ2v) is 11.1. The Balaban J connectivity index is 1.68. The van der Waals surface area contributed by atoms with Crippen LogP contribution in [0.4, 0.5) is 0 Å². The number of hydrogen-bond donors (Lipinski definition) is 0. The van der Waals surface area contributed by atoms with Crippen LogP contribution >= 0.6 is 11.3 Å². The molecule has 0 radical (unpaired) electrons. The van der Waals surface area contributed by atoms with E-state index in [0.29, 0.717) is 24.4 Å². The van der Waals surface area contributed by atoms with E-state index in [2.05, 4.69) is 0 Å². The first kappa shape index (κ1) is 24.4. The molecule has 32 heavy (non-hydrogen) atoms. The number of benzene rings is 1. The Morgan fingerprint density at radius 3 is 2.50 bits per heavy atom. The number of hydrogen-bond acceptors (Lipinski definition) is 7. The zero-order chi connectivity index (χ0) is 23.3. The molecule has 174 valence electrons. The van der Waals surface area contributed by atoms with Crippen LogP contribution in [0.25, 0.3) is 0 Å². The van der Waals surface area contributed by atoms with Crippen molar-refractivity contribution >= 4 is 33.1 Å². The van der Waals surface area contributed by atoms with Gasteiger partial charge in [0.15, 0.2) is 5.78 Å². The first-order chi connectivity index (χ1) is 15.2. The molecule has 0 N–H and O–H groups in total. The number of carbonyl (C=O) groups excluding carboxylic acids is 2. The number of Topliss-reactive ketones (excluding diaryl/α,β-unsaturated/α-hetero) is 1. The van der Waals surface area contributed by atoms with E-state index in [9.17, 15) is 18.0 Å². The molecule has 0 spiro atoms. The third kappa shape index (κ3) is 5.76. The lowest BCUT2D eigenvalue weighted by molar-refractivity contribution is 0.0494. The van der Waals surface area contributed by atoms with Gasteiger partial charge in [0.2, 0.25) is 10.0 Å². The summed E-state index contributed by atoms with van der Waals surface area (Å²) in [5.74, 6) is 0.0787. The fourth-order valence-corrected chi connectivity index (χ4v) is 6.54. The maximum absolute atomic E-state index is 13.3. The Kier molecular flexibility index (Phi) is 8.08. The van der Waals surface area contributed by atoms with E-state index in [1.54, 1.807) is 6.07 Å². The van der Waals surface area contributed by atoms with Gasteiger partial charge >= 0.3 is 5.97 Å². The lowest BCUT2D eigenvalue weighted by atomic mass is 9.94. The van der Waals surface area contributed by atoms with Gasteiger partial charge in [-0.2, -0.15) is 4.31 Å². The molecule has 1 aromatic heterocycles. The number of nitrogens with zero attached hydrogens (tertiary/aromatic N) is 1. The number of ketones is 1. The molecule has 3 rings (SSSR count). The van der Waals surface area contributed by atoms with Gasteiger partial charge in [-0.1, -0.05) is 19.9 Å². The highest BCUT2D eigenvalue weighted by atomic mass is 32.2. The van der Waals surface area contributed by atoms with E-state index in [1.807, 2.05) is 25.3 Å². The molecule has 1 aromatic carbocycles. The first-order valence-electron chi connectivity index (χ1n) is 10.6. The lowest BCUT2D eigenvalue weighted by Gasteiger charge is -2.34. The molecule has 1 aliphatic heterocycles. The zero-order valence-electron chi connectivity index (χ0n) is 18.6. The monoisotopic (exact) mass is 479 g/mol. The highest BCUT2D eigenvalue weighted by Gasteiger charge is 2.34. The molecule has 7 nitrogen and oxygen atoms in total. The molecule has 2 unspecified atom stereocenters. The molecule has 1 saturated heterocycles. The van der Waals surface area contributed by atoms with Crippen molar-refractivity contribution in [1.29, 1.82) is 0 Å². The highest BCUT2D eigenvalue weighted by molar-refractivity contribution is 7.89. The minimum atomic E-state index is -3.83. The standard InChI is InChI=1S/C23H29NO6S2/c1-16-12-17(2)15-24(14-16)32(27,28)22-13-18(8-9-20(22)29-3)23(26)30-10-4-6-19(25)21-7-5-11-31-21/h5,7-9,11,13,16-17H,4,6,10,12,14-15H2,1-3H3. The molecular formula is C23H29NO6S2. The van der Waals surface area contributed by atoms with Gasteiger partial charge in [0, 0.05) is 19.5 Å². The van der Waals surface area contributed by atoms with Gasteiger partial charge in [-0.15, -0.1) is 11.3 Å². The van der Waals surface area contributed by atoms with Crippen molar-refractivity contribution < 1.29 is 27.5 Å². The summed E-state index contributed by atoms with van der Waals surface area (Å²) in [5.41, 5.74) is 0.132. The zero-order valence-corrected chi connectivity index (χ0v) is 20.2. The van der Waals surface area contributed by atoms with Gasteiger partial charge in [0.05, 0.1) is 24.2 Å². The second kappa shape index (κ2) is 10.6. The van der Waals surface area contributed by atoms with Crippen LogP contribution in [0.5, 0.6) is 5.75 Å². The number of piperidine rings is 1. The summed E-state index contributed by atoms with van der Waals surface area (Å²) < 4.78 is 38.7. The van der Waals surface area contributed by atoms with Crippen LogP contribution in [0.15, 0.2) is 40.6 Å².